The summed E-state index contributed by atoms with van der Waals surface area (Å²) in [4.78, 5) is 24.8. The first-order valence-electron chi connectivity index (χ1n) is 8.44. The summed E-state index contributed by atoms with van der Waals surface area (Å²) in [6.45, 7) is 3.00. The number of hydrogen-bond acceptors (Lipinski definition) is 4. The van der Waals surface area contributed by atoms with E-state index in [0.717, 1.165) is 25.0 Å². The SMILES string of the molecule is C[C@@]1(NCC(=O)O)CCN(C(=O)COc2ccc3c(c2)CCC3)C1. The largest absolute Gasteiger partial charge is 0.484 e. The van der Waals surface area contributed by atoms with Crippen LogP contribution in [0.25, 0.3) is 0 Å². The van der Waals surface area contributed by atoms with Gasteiger partial charge in [-0.15, -0.1) is 0 Å². The van der Waals surface area contributed by atoms with Crippen LogP contribution in [0.5, 0.6) is 5.75 Å². The van der Waals surface area contributed by atoms with Crippen molar-refractivity contribution in [1.82, 2.24) is 10.2 Å². The van der Waals surface area contributed by atoms with Crippen LogP contribution in [0.3, 0.4) is 0 Å². The van der Waals surface area contributed by atoms with Gasteiger partial charge in [-0.3, -0.25) is 14.9 Å². The van der Waals surface area contributed by atoms with Crippen molar-refractivity contribution in [3.63, 3.8) is 0 Å². The lowest BCUT2D eigenvalue weighted by atomic mass is 10.0. The quantitative estimate of drug-likeness (QED) is 0.819. The molecule has 130 valence electrons. The minimum Gasteiger partial charge on any atom is -0.484 e. The number of rotatable bonds is 6. The first-order valence-corrected chi connectivity index (χ1v) is 8.44. The molecule has 1 aromatic carbocycles. The number of aliphatic carboxylic acids is 1. The van der Waals surface area contributed by atoms with Gasteiger partial charge < -0.3 is 14.7 Å². The number of carbonyl (C=O) groups is 2. The first kappa shape index (κ1) is 16.8. The normalized spacial score (nSPS) is 22.5. The van der Waals surface area contributed by atoms with Gasteiger partial charge in [0.05, 0.1) is 6.54 Å². The second-order valence-electron chi connectivity index (χ2n) is 6.95. The van der Waals surface area contributed by atoms with E-state index in [0.29, 0.717) is 13.1 Å². The van der Waals surface area contributed by atoms with E-state index in [2.05, 4.69) is 11.4 Å². The van der Waals surface area contributed by atoms with Gasteiger partial charge in [-0.05, 0) is 55.9 Å². The molecule has 1 fully saturated rings. The number of carboxylic acid groups (broad SMARTS) is 1. The van der Waals surface area contributed by atoms with Gasteiger partial charge in [0.25, 0.3) is 5.91 Å². The van der Waals surface area contributed by atoms with Crippen LogP contribution >= 0.6 is 0 Å². The molecule has 1 heterocycles. The number of ether oxygens (including phenoxy) is 1. The number of carboxylic acids is 1. The minimum absolute atomic E-state index is 0.0216. The molecular formula is C18H24N2O4. The van der Waals surface area contributed by atoms with Crippen molar-refractivity contribution in [3.8, 4) is 5.75 Å². The van der Waals surface area contributed by atoms with Crippen molar-refractivity contribution >= 4 is 11.9 Å². The van der Waals surface area contributed by atoms with E-state index in [1.165, 1.54) is 17.5 Å². The summed E-state index contributed by atoms with van der Waals surface area (Å²) in [5, 5.41) is 11.8. The van der Waals surface area contributed by atoms with Crippen LogP contribution < -0.4 is 10.1 Å². The number of carbonyl (C=O) groups excluding carboxylic acids is 1. The van der Waals surface area contributed by atoms with Gasteiger partial charge >= 0.3 is 5.97 Å². The Bertz CT molecular complexity index is 646. The van der Waals surface area contributed by atoms with Crippen LogP contribution in [0, 0.1) is 0 Å². The molecule has 6 nitrogen and oxygen atoms in total. The van der Waals surface area contributed by atoms with Gasteiger partial charge in [0, 0.05) is 18.6 Å². The molecule has 0 saturated carbocycles. The molecule has 3 rings (SSSR count). The highest BCUT2D eigenvalue weighted by Gasteiger charge is 2.36. The van der Waals surface area contributed by atoms with Crippen molar-refractivity contribution in [2.24, 2.45) is 0 Å². The Kier molecular flexibility index (Phi) is 4.76. The zero-order chi connectivity index (χ0) is 17.2. The molecule has 6 heteroatoms. The Morgan fingerprint density at radius 1 is 1.33 bits per heavy atom. The second kappa shape index (κ2) is 6.81. The molecule has 1 aromatic rings. The Morgan fingerprint density at radius 2 is 2.12 bits per heavy atom. The van der Waals surface area contributed by atoms with E-state index in [1.807, 2.05) is 19.1 Å². The van der Waals surface area contributed by atoms with E-state index in [1.54, 1.807) is 4.90 Å². The average molecular weight is 332 g/mol. The highest BCUT2D eigenvalue weighted by atomic mass is 16.5. The fourth-order valence-corrected chi connectivity index (χ4v) is 3.48. The zero-order valence-corrected chi connectivity index (χ0v) is 14.0. The molecule has 2 aliphatic rings. The van der Waals surface area contributed by atoms with Crippen LogP contribution in [0.15, 0.2) is 18.2 Å². The summed E-state index contributed by atoms with van der Waals surface area (Å²) in [6, 6.07) is 6.06. The third-order valence-electron chi connectivity index (χ3n) is 4.92. The highest BCUT2D eigenvalue weighted by molar-refractivity contribution is 5.78. The Morgan fingerprint density at radius 3 is 2.92 bits per heavy atom. The molecule has 0 radical (unpaired) electrons. The van der Waals surface area contributed by atoms with Gasteiger partial charge in [-0.1, -0.05) is 6.07 Å². The summed E-state index contributed by atoms with van der Waals surface area (Å²) in [7, 11) is 0. The number of benzene rings is 1. The number of amides is 1. The smallest absolute Gasteiger partial charge is 0.317 e. The van der Waals surface area contributed by atoms with E-state index in [9.17, 15) is 9.59 Å². The van der Waals surface area contributed by atoms with Crippen LogP contribution in [0.1, 0.15) is 30.9 Å². The number of fused-ring (bicyclic) bond motifs is 1. The Hall–Kier alpha value is -2.08. The molecule has 1 atom stereocenters. The molecule has 0 unspecified atom stereocenters. The summed E-state index contributed by atoms with van der Waals surface area (Å²) in [5.74, 6) is -0.202. The van der Waals surface area contributed by atoms with Crippen molar-refractivity contribution in [1.29, 1.82) is 0 Å². The third-order valence-corrected chi connectivity index (χ3v) is 4.92. The number of aryl methyl sites for hydroxylation is 2. The lowest BCUT2D eigenvalue weighted by Crippen LogP contribution is -2.48. The second-order valence-corrected chi connectivity index (χ2v) is 6.95. The minimum atomic E-state index is -0.888. The fraction of sp³-hybridized carbons (Fsp3) is 0.556. The predicted octanol–water partition coefficient (Wildman–Crippen LogP) is 1.22. The molecule has 0 bridgehead atoms. The van der Waals surface area contributed by atoms with Gasteiger partial charge in [0.1, 0.15) is 5.75 Å². The Labute approximate surface area is 141 Å². The van der Waals surface area contributed by atoms with Crippen LogP contribution in [0.4, 0.5) is 0 Å². The van der Waals surface area contributed by atoms with Crippen molar-refractivity contribution < 1.29 is 19.4 Å². The van der Waals surface area contributed by atoms with Gasteiger partial charge in [-0.2, -0.15) is 0 Å². The fourth-order valence-electron chi connectivity index (χ4n) is 3.48. The van der Waals surface area contributed by atoms with Gasteiger partial charge in [0.15, 0.2) is 6.61 Å². The monoisotopic (exact) mass is 332 g/mol. The molecule has 1 amide bonds. The van der Waals surface area contributed by atoms with Crippen LogP contribution in [-0.4, -0.2) is 53.7 Å². The number of likely N-dealkylation sites (tertiary alicyclic amines) is 1. The van der Waals surface area contributed by atoms with Crippen LogP contribution in [-0.2, 0) is 22.4 Å². The van der Waals surface area contributed by atoms with Gasteiger partial charge in [-0.25, -0.2) is 0 Å². The highest BCUT2D eigenvalue weighted by Crippen LogP contribution is 2.26. The molecule has 1 saturated heterocycles. The molecule has 0 spiro atoms. The summed E-state index contributed by atoms with van der Waals surface area (Å²) < 4.78 is 5.67. The van der Waals surface area contributed by atoms with E-state index >= 15 is 0 Å². The van der Waals surface area contributed by atoms with Gasteiger partial charge in [0.2, 0.25) is 0 Å². The van der Waals surface area contributed by atoms with E-state index in [4.69, 9.17) is 9.84 Å². The van der Waals surface area contributed by atoms with E-state index in [-0.39, 0.29) is 24.6 Å². The van der Waals surface area contributed by atoms with Crippen molar-refractivity contribution in [2.45, 2.75) is 38.1 Å². The maximum Gasteiger partial charge on any atom is 0.317 e. The third kappa shape index (κ3) is 3.87. The molecule has 1 aliphatic carbocycles. The lowest BCUT2D eigenvalue weighted by Gasteiger charge is -2.25. The molecule has 24 heavy (non-hydrogen) atoms. The number of nitrogens with zero attached hydrogens (tertiary/aromatic N) is 1. The molecular weight excluding hydrogens is 308 g/mol. The van der Waals surface area contributed by atoms with Crippen molar-refractivity contribution in [3.05, 3.63) is 29.3 Å². The summed E-state index contributed by atoms with van der Waals surface area (Å²) >= 11 is 0. The maximum atomic E-state index is 12.3. The molecule has 2 N–H and O–H groups in total. The number of nitrogens with one attached hydrogen (secondary N) is 1. The maximum absolute atomic E-state index is 12.3. The average Bonchev–Trinajstić information content (AvgIpc) is 3.17. The van der Waals surface area contributed by atoms with Crippen molar-refractivity contribution in [2.75, 3.05) is 26.2 Å². The Balaban J connectivity index is 1.50. The number of hydrogen-bond donors (Lipinski definition) is 2. The van der Waals surface area contributed by atoms with Crippen LogP contribution in [0.2, 0.25) is 0 Å². The standard InChI is InChI=1S/C18H24N2O4/c1-18(19-10-17(22)23)7-8-20(12-18)16(21)11-24-15-6-5-13-3-2-4-14(13)9-15/h5-6,9,19H,2-4,7-8,10-12H2,1H3,(H,22,23)/t18-/m1/s1. The topological polar surface area (TPSA) is 78.9 Å². The first-order chi connectivity index (χ1) is 11.5. The van der Waals surface area contributed by atoms with E-state index < -0.39 is 5.97 Å². The summed E-state index contributed by atoms with van der Waals surface area (Å²) in [5.41, 5.74) is 2.36. The zero-order valence-electron chi connectivity index (χ0n) is 14.0. The molecule has 0 aromatic heterocycles. The molecule has 1 aliphatic heterocycles. The predicted molar refractivity (Wildman–Crippen MR) is 89.2 cm³/mol. The lowest BCUT2D eigenvalue weighted by molar-refractivity contribution is -0.136. The summed E-state index contributed by atoms with van der Waals surface area (Å²) in [6.07, 6.45) is 4.14.